The van der Waals surface area contributed by atoms with Crippen LogP contribution in [-0.2, 0) is 16.0 Å². The normalized spacial score (nSPS) is 10.0. The molecule has 26 heavy (non-hydrogen) atoms. The van der Waals surface area contributed by atoms with Crippen molar-refractivity contribution in [2.24, 2.45) is 5.73 Å². The molecule has 2 aromatic rings. The molecule has 136 valence electrons. The Kier molecular flexibility index (Phi) is 7.17. The second-order valence-electron chi connectivity index (χ2n) is 5.54. The molecule has 0 saturated carbocycles. The van der Waals surface area contributed by atoms with Crippen molar-refractivity contribution in [3.63, 3.8) is 0 Å². The minimum atomic E-state index is -0.490. The number of benzene rings is 2. The van der Waals surface area contributed by atoms with E-state index in [2.05, 4.69) is 10.6 Å². The zero-order valence-corrected chi connectivity index (χ0v) is 14.2. The summed E-state index contributed by atoms with van der Waals surface area (Å²) in [5, 5.41) is 5.19. The molecule has 0 aliphatic heterocycles. The fraction of sp³-hybridized carbons (Fsp3) is 0.211. The second-order valence-corrected chi connectivity index (χ2v) is 5.54. The molecule has 0 fully saturated rings. The first-order valence-electron chi connectivity index (χ1n) is 8.14. The number of amides is 3. The van der Waals surface area contributed by atoms with Crippen molar-refractivity contribution in [3.8, 4) is 5.75 Å². The van der Waals surface area contributed by atoms with E-state index in [0.29, 0.717) is 24.3 Å². The van der Waals surface area contributed by atoms with Gasteiger partial charge < -0.3 is 21.1 Å². The fourth-order valence-corrected chi connectivity index (χ4v) is 2.18. The minimum absolute atomic E-state index is 0.127. The summed E-state index contributed by atoms with van der Waals surface area (Å²) < 4.78 is 5.29. The molecule has 7 nitrogen and oxygen atoms in total. The second kappa shape index (κ2) is 9.83. The predicted molar refractivity (Wildman–Crippen MR) is 96.6 cm³/mol. The molecule has 0 unspecified atom stereocenters. The zero-order valence-electron chi connectivity index (χ0n) is 14.2. The smallest absolute Gasteiger partial charge is 0.258 e. The first-order valence-corrected chi connectivity index (χ1v) is 8.14. The van der Waals surface area contributed by atoms with Gasteiger partial charge >= 0.3 is 0 Å². The van der Waals surface area contributed by atoms with Crippen LogP contribution in [0.1, 0.15) is 15.9 Å². The van der Waals surface area contributed by atoms with E-state index in [1.165, 1.54) is 0 Å². The Morgan fingerprint density at radius 3 is 2.42 bits per heavy atom. The van der Waals surface area contributed by atoms with E-state index in [9.17, 15) is 14.4 Å². The van der Waals surface area contributed by atoms with Gasteiger partial charge in [-0.3, -0.25) is 14.4 Å². The van der Waals surface area contributed by atoms with Crippen LogP contribution in [0.3, 0.4) is 0 Å². The standard InChI is InChI=1S/C19H21N3O4/c20-19(25)15-6-4-5-14(11-15)9-10-21-17(23)12-22-18(24)13-26-16-7-2-1-3-8-16/h1-8,11H,9-10,12-13H2,(H2,20,25)(H,21,23)(H,22,24). The lowest BCUT2D eigenvalue weighted by Gasteiger charge is -2.08. The van der Waals surface area contributed by atoms with E-state index in [1.807, 2.05) is 12.1 Å². The van der Waals surface area contributed by atoms with Crippen LogP contribution in [0.5, 0.6) is 5.75 Å². The van der Waals surface area contributed by atoms with Crippen LogP contribution in [-0.4, -0.2) is 37.4 Å². The maximum atomic E-state index is 11.7. The van der Waals surface area contributed by atoms with Crippen LogP contribution in [0.15, 0.2) is 54.6 Å². The summed E-state index contributed by atoms with van der Waals surface area (Å²) in [6.07, 6.45) is 0.553. The zero-order chi connectivity index (χ0) is 18.8. The molecule has 0 saturated heterocycles. The van der Waals surface area contributed by atoms with Crippen LogP contribution in [0, 0.1) is 0 Å². The van der Waals surface area contributed by atoms with Gasteiger partial charge in [0.15, 0.2) is 6.61 Å². The molecule has 0 aromatic heterocycles. The lowest BCUT2D eigenvalue weighted by Crippen LogP contribution is -2.39. The Labute approximate surface area is 151 Å². The highest BCUT2D eigenvalue weighted by atomic mass is 16.5. The van der Waals surface area contributed by atoms with E-state index in [0.717, 1.165) is 5.56 Å². The number of hydrogen-bond acceptors (Lipinski definition) is 4. The van der Waals surface area contributed by atoms with Gasteiger partial charge in [-0.1, -0.05) is 30.3 Å². The largest absolute Gasteiger partial charge is 0.484 e. The number of carbonyl (C=O) groups is 3. The lowest BCUT2D eigenvalue weighted by atomic mass is 10.1. The van der Waals surface area contributed by atoms with Gasteiger partial charge in [0.25, 0.3) is 5.91 Å². The van der Waals surface area contributed by atoms with Gasteiger partial charge in [-0.2, -0.15) is 0 Å². The summed E-state index contributed by atoms with van der Waals surface area (Å²) in [7, 11) is 0. The van der Waals surface area contributed by atoms with E-state index in [-0.39, 0.29) is 25.0 Å². The molecule has 0 aliphatic carbocycles. The number of carbonyl (C=O) groups excluding carboxylic acids is 3. The molecule has 0 aliphatic rings. The highest BCUT2D eigenvalue weighted by Gasteiger charge is 2.07. The number of para-hydroxylation sites is 1. The molecule has 2 rings (SSSR count). The third-order valence-corrected chi connectivity index (χ3v) is 3.51. The van der Waals surface area contributed by atoms with Gasteiger partial charge in [-0.25, -0.2) is 0 Å². The van der Waals surface area contributed by atoms with Crippen LogP contribution in [0.25, 0.3) is 0 Å². The number of ether oxygens (including phenoxy) is 1. The number of primary amides is 1. The Hall–Kier alpha value is -3.35. The number of nitrogens with two attached hydrogens (primary N) is 1. The van der Waals surface area contributed by atoms with Crippen molar-refractivity contribution >= 4 is 17.7 Å². The van der Waals surface area contributed by atoms with E-state index in [4.69, 9.17) is 10.5 Å². The van der Waals surface area contributed by atoms with Gasteiger partial charge in [-0.15, -0.1) is 0 Å². The topological polar surface area (TPSA) is 111 Å². The minimum Gasteiger partial charge on any atom is -0.484 e. The van der Waals surface area contributed by atoms with E-state index >= 15 is 0 Å². The highest BCUT2D eigenvalue weighted by Crippen LogP contribution is 2.07. The summed E-state index contributed by atoms with van der Waals surface area (Å²) in [6.45, 7) is 0.104. The molecule has 0 spiro atoms. The van der Waals surface area contributed by atoms with Crippen molar-refractivity contribution in [2.45, 2.75) is 6.42 Å². The summed E-state index contributed by atoms with van der Waals surface area (Å²) in [4.78, 5) is 34.5. The average molecular weight is 355 g/mol. The summed E-state index contributed by atoms with van der Waals surface area (Å²) in [6, 6.07) is 15.9. The van der Waals surface area contributed by atoms with Crippen molar-refractivity contribution in [1.82, 2.24) is 10.6 Å². The molecule has 7 heteroatoms. The first kappa shape index (κ1) is 19.0. The summed E-state index contributed by atoms with van der Waals surface area (Å²) in [5.41, 5.74) is 6.55. The molecule has 3 amide bonds. The molecule has 2 aromatic carbocycles. The van der Waals surface area contributed by atoms with Crippen molar-refractivity contribution in [2.75, 3.05) is 19.7 Å². The third-order valence-electron chi connectivity index (χ3n) is 3.51. The molecule has 0 bridgehead atoms. The highest BCUT2D eigenvalue weighted by molar-refractivity contribution is 5.92. The molecular formula is C19H21N3O4. The number of rotatable bonds is 9. The van der Waals surface area contributed by atoms with Crippen LogP contribution in [0.4, 0.5) is 0 Å². The van der Waals surface area contributed by atoms with Gasteiger partial charge in [0, 0.05) is 12.1 Å². The van der Waals surface area contributed by atoms with Crippen LogP contribution in [0.2, 0.25) is 0 Å². The van der Waals surface area contributed by atoms with Gasteiger partial charge in [0.2, 0.25) is 11.8 Å². The lowest BCUT2D eigenvalue weighted by molar-refractivity contribution is -0.127. The summed E-state index contributed by atoms with van der Waals surface area (Å²) in [5.74, 6) is -0.580. The van der Waals surface area contributed by atoms with Gasteiger partial charge in [0.05, 0.1) is 6.54 Å². The van der Waals surface area contributed by atoms with Crippen molar-refractivity contribution in [3.05, 3.63) is 65.7 Å². The summed E-state index contributed by atoms with van der Waals surface area (Å²) >= 11 is 0. The molecule has 0 heterocycles. The maximum Gasteiger partial charge on any atom is 0.258 e. The Morgan fingerprint density at radius 1 is 0.923 bits per heavy atom. The monoisotopic (exact) mass is 355 g/mol. The van der Waals surface area contributed by atoms with E-state index in [1.54, 1.807) is 42.5 Å². The van der Waals surface area contributed by atoms with Gasteiger partial charge in [-0.05, 0) is 36.2 Å². The maximum absolute atomic E-state index is 11.7. The Morgan fingerprint density at radius 2 is 1.69 bits per heavy atom. The number of nitrogens with one attached hydrogen (secondary N) is 2. The van der Waals surface area contributed by atoms with Crippen LogP contribution >= 0.6 is 0 Å². The van der Waals surface area contributed by atoms with Crippen molar-refractivity contribution < 1.29 is 19.1 Å². The number of hydrogen-bond donors (Lipinski definition) is 3. The third kappa shape index (κ3) is 6.64. The van der Waals surface area contributed by atoms with Crippen molar-refractivity contribution in [1.29, 1.82) is 0 Å². The predicted octanol–water partition coefficient (Wildman–Crippen LogP) is 0.639. The molecular weight excluding hydrogens is 334 g/mol. The van der Waals surface area contributed by atoms with Gasteiger partial charge in [0.1, 0.15) is 5.75 Å². The molecule has 4 N–H and O–H groups in total. The Balaban J connectivity index is 1.63. The quantitative estimate of drug-likeness (QED) is 0.613. The first-order chi connectivity index (χ1) is 12.5. The SMILES string of the molecule is NC(=O)c1cccc(CCNC(=O)CNC(=O)COc2ccccc2)c1. The average Bonchev–Trinajstić information content (AvgIpc) is 2.66. The molecule has 0 atom stereocenters. The Bertz CT molecular complexity index is 762. The fourth-order valence-electron chi connectivity index (χ4n) is 2.18. The molecule has 0 radical (unpaired) electrons. The van der Waals surface area contributed by atoms with E-state index < -0.39 is 5.91 Å². The van der Waals surface area contributed by atoms with Crippen LogP contribution < -0.4 is 21.1 Å².